The molecule has 1 unspecified atom stereocenters. The molecule has 31 heavy (non-hydrogen) atoms. The maximum Gasteiger partial charge on any atom is 0.250 e. The number of benzene rings is 2. The van der Waals surface area contributed by atoms with Crippen LogP contribution in [0.2, 0.25) is 5.02 Å². The van der Waals surface area contributed by atoms with Crippen molar-refractivity contribution < 1.29 is 19.4 Å². The minimum atomic E-state index is -0.212. The van der Waals surface area contributed by atoms with Crippen molar-refractivity contribution in [1.82, 2.24) is 9.80 Å². The second-order valence-electron chi connectivity index (χ2n) is 8.04. The molecule has 2 aromatic rings. The van der Waals surface area contributed by atoms with Gasteiger partial charge < -0.3 is 19.5 Å². The molecule has 0 N–H and O–H groups in total. The summed E-state index contributed by atoms with van der Waals surface area (Å²) in [5.41, 5.74) is 3.58. The summed E-state index contributed by atoms with van der Waals surface area (Å²) < 4.78 is 10.9. The molecule has 0 bridgehead atoms. The van der Waals surface area contributed by atoms with Crippen LogP contribution < -0.4 is 14.6 Å². The molecule has 0 aliphatic carbocycles. The van der Waals surface area contributed by atoms with Gasteiger partial charge in [-0.3, -0.25) is 9.69 Å². The molecule has 7 heteroatoms. The van der Waals surface area contributed by atoms with Crippen LogP contribution >= 0.6 is 11.6 Å². The predicted octanol–water partition coefficient (Wildman–Crippen LogP) is 2.93. The van der Waals surface area contributed by atoms with Crippen molar-refractivity contribution in [3.8, 4) is 11.5 Å². The molecule has 2 aliphatic rings. The van der Waals surface area contributed by atoms with Gasteiger partial charge in [0, 0.05) is 43.3 Å². The molecule has 0 radical (unpaired) electrons. The van der Waals surface area contributed by atoms with Crippen molar-refractivity contribution in [2.75, 3.05) is 34.4 Å². The zero-order chi connectivity index (χ0) is 22.1. The highest BCUT2D eigenvalue weighted by atomic mass is 35.5. The quantitative estimate of drug-likeness (QED) is 0.713. The van der Waals surface area contributed by atoms with E-state index < -0.39 is 0 Å². The average molecular weight is 442 g/mol. The van der Waals surface area contributed by atoms with E-state index in [-0.39, 0.29) is 17.7 Å². The lowest BCUT2D eigenvalue weighted by molar-refractivity contribution is -0.312. The molecule has 0 aromatic heterocycles. The molecule has 2 heterocycles. The first kappa shape index (κ1) is 21.5. The maximum absolute atomic E-state index is 13.1. The van der Waals surface area contributed by atoms with Gasteiger partial charge in [0.1, 0.15) is 0 Å². The van der Waals surface area contributed by atoms with Gasteiger partial charge >= 0.3 is 0 Å². The van der Waals surface area contributed by atoms with Crippen molar-refractivity contribution in [2.24, 2.45) is 0 Å². The van der Waals surface area contributed by atoms with Crippen molar-refractivity contribution in [2.45, 2.75) is 25.4 Å². The third-order valence-electron chi connectivity index (χ3n) is 6.13. The van der Waals surface area contributed by atoms with Gasteiger partial charge in [0.25, 0.3) is 0 Å². The number of likely N-dealkylation sites (N-methyl/N-ethyl adjacent to an activating group) is 1. The first-order chi connectivity index (χ1) is 14.9. The summed E-state index contributed by atoms with van der Waals surface area (Å²) in [5, 5.41) is 13.6. The van der Waals surface area contributed by atoms with E-state index in [0.29, 0.717) is 41.6 Å². The zero-order valence-corrected chi connectivity index (χ0v) is 18.7. The first-order valence-corrected chi connectivity index (χ1v) is 10.7. The number of ether oxygens (including phenoxy) is 2. The Hall–Kier alpha value is -2.70. The van der Waals surface area contributed by atoms with E-state index in [2.05, 4.69) is 4.90 Å². The monoisotopic (exact) mass is 441 g/mol. The number of halogens is 1. The van der Waals surface area contributed by atoms with E-state index in [1.54, 1.807) is 38.3 Å². The van der Waals surface area contributed by atoms with Crippen molar-refractivity contribution >= 4 is 17.5 Å². The largest absolute Gasteiger partial charge is 0.875 e. The lowest BCUT2D eigenvalue weighted by Crippen LogP contribution is -2.45. The van der Waals surface area contributed by atoms with Gasteiger partial charge in [-0.1, -0.05) is 23.7 Å². The molecule has 6 nitrogen and oxygen atoms in total. The number of hydrogen-bond acceptors (Lipinski definition) is 5. The van der Waals surface area contributed by atoms with E-state index in [9.17, 15) is 9.90 Å². The molecule has 0 saturated heterocycles. The minimum absolute atomic E-state index is 0.0471. The van der Waals surface area contributed by atoms with Crippen LogP contribution in [0.25, 0.3) is 0 Å². The molecule has 1 amide bonds. The van der Waals surface area contributed by atoms with Gasteiger partial charge in [-0.05, 0) is 53.8 Å². The van der Waals surface area contributed by atoms with E-state index in [4.69, 9.17) is 21.1 Å². The Balaban J connectivity index is 1.55. The fraction of sp³-hybridized carbons (Fsp3) is 0.375. The molecular formula is C24H26ClN2O4-. The molecule has 2 aromatic carbocycles. The number of nitrogens with zero attached hydrogens (tertiary/aromatic N) is 2. The number of carbonyl (C=O) groups excluding carboxylic acids is 1. The van der Waals surface area contributed by atoms with Gasteiger partial charge in [0.05, 0.1) is 14.2 Å². The highest BCUT2D eigenvalue weighted by molar-refractivity contribution is 6.30. The topological polar surface area (TPSA) is 65.1 Å². The van der Waals surface area contributed by atoms with Crippen molar-refractivity contribution in [3.05, 3.63) is 69.4 Å². The van der Waals surface area contributed by atoms with E-state index in [0.717, 1.165) is 24.1 Å². The lowest BCUT2D eigenvalue weighted by Gasteiger charge is -2.44. The number of rotatable bonds is 5. The third kappa shape index (κ3) is 4.23. The van der Waals surface area contributed by atoms with Gasteiger partial charge in [0.2, 0.25) is 5.91 Å². The Morgan fingerprint density at radius 1 is 1.19 bits per heavy atom. The molecular weight excluding hydrogens is 416 g/mol. The fourth-order valence-electron chi connectivity index (χ4n) is 4.45. The second kappa shape index (κ2) is 8.81. The van der Waals surface area contributed by atoms with Gasteiger partial charge in [-0.15, -0.1) is 5.76 Å². The van der Waals surface area contributed by atoms with E-state index in [1.165, 1.54) is 5.56 Å². The van der Waals surface area contributed by atoms with E-state index in [1.807, 2.05) is 24.3 Å². The summed E-state index contributed by atoms with van der Waals surface area (Å²) in [5.74, 6) is 1.06. The van der Waals surface area contributed by atoms with Crippen molar-refractivity contribution in [3.63, 3.8) is 0 Å². The van der Waals surface area contributed by atoms with Crippen LogP contribution in [0.15, 0.2) is 47.7 Å². The average Bonchev–Trinajstić information content (AvgIpc) is 2.78. The molecule has 4 rings (SSSR count). The smallest absolute Gasteiger partial charge is 0.250 e. The predicted molar refractivity (Wildman–Crippen MR) is 117 cm³/mol. The minimum Gasteiger partial charge on any atom is -0.875 e. The summed E-state index contributed by atoms with van der Waals surface area (Å²) >= 11 is 5.94. The molecule has 0 spiro atoms. The van der Waals surface area contributed by atoms with Crippen LogP contribution in [0.5, 0.6) is 11.5 Å². The van der Waals surface area contributed by atoms with Crippen LogP contribution in [0.4, 0.5) is 0 Å². The Kier molecular flexibility index (Phi) is 6.12. The summed E-state index contributed by atoms with van der Waals surface area (Å²) in [6.07, 6.45) is 1.13. The standard InChI is InChI=1S/C24H27ClN2O4/c1-26(13-15-4-6-17(25)7-5-15)24(29)19-14-27-9-8-16-10-22(30-2)23(31-3)11-18(16)20(27)12-21(19)28/h4-7,10-11,20,28H,8-9,12-14H2,1-3H3/p-1. The summed E-state index contributed by atoms with van der Waals surface area (Å²) in [4.78, 5) is 16.9. The lowest BCUT2D eigenvalue weighted by atomic mass is 9.86. The van der Waals surface area contributed by atoms with Crippen LogP contribution in [0.3, 0.4) is 0 Å². The summed E-state index contributed by atoms with van der Waals surface area (Å²) in [6.45, 7) is 1.58. The van der Waals surface area contributed by atoms with Crippen LogP contribution in [-0.2, 0) is 17.8 Å². The Bertz CT molecular complexity index is 1020. The maximum atomic E-state index is 13.1. The van der Waals surface area contributed by atoms with Crippen molar-refractivity contribution in [1.29, 1.82) is 0 Å². The highest BCUT2D eigenvalue weighted by Gasteiger charge is 2.34. The fourth-order valence-corrected chi connectivity index (χ4v) is 4.58. The Morgan fingerprint density at radius 2 is 1.87 bits per heavy atom. The van der Waals surface area contributed by atoms with Gasteiger partial charge in [-0.2, -0.15) is 0 Å². The first-order valence-electron chi connectivity index (χ1n) is 10.3. The van der Waals surface area contributed by atoms with Crippen LogP contribution in [0, 0.1) is 0 Å². The number of amides is 1. The molecule has 1 atom stereocenters. The van der Waals surface area contributed by atoms with Gasteiger partial charge in [-0.25, -0.2) is 0 Å². The zero-order valence-electron chi connectivity index (χ0n) is 18.0. The third-order valence-corrected chi connectivity index (χ3v) is 6.38. The molecule has 0 saturated carbocycles. The highest BCUT2D eigenvalue weighted by Crippen LogP contribution is 2.42. The van der Waals surface area contributed by atoms with Crippen LogP contribution in [-0.4, -0.2) is 50.1 Å². The SMILES string of the molecule is COc1cc2c(cc1OC)C1CC([O-])=C(C(=O)N(C)Cc3ccc(Cl)cc3)CN1CC2. The number of carbonyl (C=O) groups is 1. The van der Waals surface area contributed by atoms with E-state index >= 15 is 0 Å². The normalized spacial score (nSPS) is 18.3. The Morgan fingerprint density at radius 3 is 2.55 bits per heavy atom. The molecule has 164 valence electrons. The molecule has 2 aliphatic heterocycles. The number of fused-ring (bicyclic) bond motifs is 3. The Labute approximate surface area is 187 Å². The second-order valence-corrected chi connectivity index (χ2v) is 8.47. The summed E-state index contributed by atoms with van der Waals surface area (Å²) in [6, 6.07) is 11.3. The summed E-state index contributed by atoms with van der Waals surface area (Å²) in [7, 11) is 4.96. The van der Waals surface area contributed by atoms with Gasteiger partial charge in [0.15, 0.2) is 11.5 Å². The van der Waals surface area contributed by atoms with Crippen LogP contribution in [0.1, 0.15) is 29.2 Å². The number of methoxy groups -OCH3 is 2. The molecule has 0 fully saturated rings. The number of hydrogen-bond donors (Lipinski definition) is 0.